The Bertz CT molecular complexity index is 1140. The van der Waals surface area contributed by atoms with Gasteiger partial charge in [0.05, 0.1) is 17.7 Å². The monoisotopic (exact) mass is 437 g/mol. The van der Waals surface area contributed by atoms with Crippen molar-refractivity contribution in [3.8, 4) is 22.8 Å². The zero-order chi connectivity index (χ0) is 20.9. The standard InChI is InChI=1S/C21H19N5O2S2/c1-3-11-26(20-22-16(13-29-20)15-8-5-4-6-9-15)18(27)14-30-21-24-23-19(25(21)2)17-10-7-12-28-17/h3-10,12-13H,1,11,14H2,2H3. The lowest BCUT2D eigenvalue weighted by Crippen LogP contribution is -2.32. The van der Waals surface area contributed by atoms with Gasteiger partial charge in [0.15, 0.2) is 21.9 Å². The van der Waals surface area contributed by atoms with Crippen LogP contribution in [0.25, 0.3) is 22.8 Å². The zero-order valence-corrected chi connectivity index (χ0v) is 17.9. The lowest BCUT2D eigenvalue weighted by atomic mass is 10.2. The molecule has 3 heterocycles. The maximum absolute atomic E-state index is 12.9. The Hall–Kier alpha value is -3.17. The SMILES string of the molecule is C=CCN(C(=O)CSc1nnc(-c2ccco2)n1C)c1nc(-c2ccccc2)cs1. The highest BCUT2D eigenvalue weighted by atomic mass is 32.2. The molecule has 1 amide bonds. The van der Waals surface area contributed by atoms with Crippen molar-refractivity contribution in [2.75, 3.05) is 17.2 Å². The molecule has 152 valence electrons. The average molecular weight is 438 g/mol. The smallest absolute Gasteiger partial charge is 0.239 e. The van der Waals surface area contributed by atoms with Crippen molar-refractivity contribution in [1.82, 2.24) is 19.7 Å². The third kappa shape index (κ3) is 4.22. The number of hydrogen-bond acceptors (Lipinski definition) is 7. The number of nitrogens with zero attached hydrogens (tertiary/aromatic N) is 5. The number of anilines is 1. The third-order valence-electron chi connectivity index (χ3n) is 4.31. The molecule has 30 heavy (non-hydrogen) atoms. The molecule has 0 unspecified atom stereocenters. The van der Waals surface area contributed by atoms with Crippen LogP contribution in [-0.2, 0) is 11.8 Å². The maximum atomic E-state index is 12.9. The maximum Gasteiger partial charge on any atom is 0.239 e. The average Bonchev–Trinajstić information content (AvgIpc) is 3.52. The minimum Gasteiger partial charge on any atom is -0.461 e. The van der Waals surface area contributed by atoms with Crippen LogP contribution < -0.4 is 4.90 Å². The van der Waals surface area contributed by atoms with E-state index in [9.17, 15) is 4.79 Å². The molecular formula is C21H19N5O2S2. The lowest BCUT2D eigenvalue weighted by Gasteiger charge is -2.17. The number of furan rings is 1. The van der Waals surface area contributed by atoms with Gasteiger partial charge in [-0.3, -0.25) is 9.69 Å². The fourth-order valence-electron chi connectivity index (χ4n) is 2.81. The Morgan fingerprint density at radius 3 is 2.83 bits per heavy atom. The van der Waals surface area contributed by atoms with Gasteiger partial charge in [0.25, 0.3) is 0 Å². The second-order valence-electron chi connectivity index (χ2n) is 6.31. The van der Waals surface area contributed by atoms with E-state index in [0.717, 1.165) is 11.3 Å². The molecule has 0 aliphatic rings. The van der Waals surface area contributed by atoms with Crippen molar-refractivity contribution in [3.05, 3.63) is 66.8 Å². The predicted octanol–water partition coefficient (Wildman–Crippen LogP) is 4.51. The highest BCUT2D eigenvalue weighted by Crippen LogP contribution is 2.29. The number of carbonyl (C=O) groups is 1. The molecule has 3 aromatic heterocycles. The van der Waals surface area contributed by atoms with E-state index in [4.69, 9.17) is 4.42 Å². The highest BCUT2D eigenvalue weighted by Gasteiger charge is 2.20. The van der Waals surface area contributed by atoms with Crippen LogP contribution in [0.5, 0.6) is 0 Å². The Kier molecular flexibility index (Phi) is 6.10. The van der Waals surface area contributed by atoms with Crippen LogP contribution in [0.2, 0.25) is 0 Å². The largest absolute Gasteiger partial charge is 0.461 e. The van der Waals surface area contributed by atoms with E-state index >= 15 is 0 Å². The second-order valence-corrected chi connectivity index (χ2v) is 8.08. The first-order valence-corrected chi connectivity index (χ1v) is 11.0. The summed E-state index contributed by atoms with van der Waals surface area (Å²) in [6.07, 6.45) is 3.29. The number of carbonyl (C=O) groups excluding carboxylic acids is 1. The van der Waals surface area contributed by atoms with Crippen LogP contribution in [0.3, 0.4) is 0 Å². The third-order valence-corrected chi connectivity index (χ3v) is 6.18. The van der Waals surface area contributed by atoms with E-state index in [-0.39, 0.29) is 11.7 Å². The van der Waals surface area contributed by atoms with Crippen LogP contribution >= 0.6 is 23.1 Å². The van der Waals surface area contributed by atoms with Crippen LogP contribution in [0.15, 0.2) is 76.3 Å². The molecule has 0 atom stereocenters. The van der Waals surface area contributed by atoms with Crippen LogP contribution in [-0.4, -0.2) is 38.0 Å². The molecule has 0 saturated carbocycles. The molecule has 0 N–H and O–H groups in total. The van der Waals surface area contributed by atoms with Gasteiger partial charge >= 0.3 is 0 Å². The Balaban J connectivity index is 1.47. The summed E-state index contributed by atoms with van der Waals surface area (Å²) >= 11 is 2.76. The number of hydrogen-bond donors (Lipinski definition) is 0. The molecule has 0 aliphatic carbocycles. The summed E-state index contributed by atoms with van der Waals surface area (Å²) in [7, 11) is 1.85. The zero-order valence-electron chi connectivity index (χ0n) is 16.3. The lowest BCUT2D eigenvalue weighted by molar-refractivity contribution is -0.116. The van der Waals surface area contributed by atoms with Gasteiger partial charge < -0.3 is 8.98 Å². The molecule has 0 aliphatic heterocycles. The molecule has 1 aromatic carbocycles. The van der Waals surface area contributed by atoms with Crippen molar-refractivity contribution >= 4 is 34.1 Å². The molecule has 7 nitrogen and oxygen atoms in total. The normalized spacial score (nSPS) is 10.8. The van der Waals surface area contributed by atoms with E-state index in [1.807, 2.05) is 53.4 Å². The van der Waals surface area contributed by atoms with E-state index in [1.165, 1.54) is 23.1 Å². The van der Waals surface area contributed by atoms with Gasteiger partial charge in [-0.05, 0) is 12.1 Å². The number of rotatable bonds is 8. The van der Waals surface area contributed by atoms with Gasteiger partial charge in [-0.25, -0.2) is 4.98 Å². The highest BCUT2D eigenvalue weighted by molar-refractivity contribution is 7.99. The van der Waals surface area contributed by atoms with E-state index in [2.05, 4.69) is 21.8 Å². The van der Waals surface area contributed by atoms with E-state index < -0.39 is 0 Å². The van der Waals surface area contributed by atoms with Gasteiger partial charge in [-0.2, -0.15) is 0 Å². The molecule has 0 fully saturated rings. The number of thioether (sulfide) groups is 1. The summed E-state index contributed by atoms with van der Waals surface area (Å²) in [5.74, 6) is 1.38. The summed E-state index contributed by atoms with van der Waals surface area (Å²) < 4.78 is 7.19. The molecule has 0 radical (unpaired) electrons. The minimum absolute atomic E-state index is 0.0728. The van der Waals surface area contributed by atoms with Crippen molar-refractivity contribution in [2.24, 2.45) is 7.05 Å². The topological polar surface area (TPSA) is 77.0 Å². The Morgan fingerprint density at radius 2 is 2.10 bits per heavy atom. The molecule has 4 aromatic rings. The van der Waals surface area contributed by atoms with Gasteiger partial charge in [0.1, 0.15) is 0 Å². The summed E-state index contributed by atoms with van der Waals surface area (Å²) in [6, 6.07) is 13.5. The summed E-state index contributed by atoms with van der Waals surface area (Å²) in [6.45, 7) is 4.16. The first kappa shape index (κ1) is 20.1. The summed E-state index contributed by atoms with van der Waals surface area (Å²) in [4.78, 5) is 19.2. The number of thiazole rings is 1. The molecule has 4 rings (SSSR count). The van der Waals surface area contributed by atoms with Gasteiger partial charge in [-0.1, -0.05) is 48.2 Å². The van der Waals surface area contributed by atoms with Gasteiger partial charge in [0, 0.05) is 24.5 Å². The first-order valence-electron chi connectivity index (χ1n) is 9.15. The van der Waals surface area contributed by atoms with E-state index in [1.54, 1.807) is 23.3 Å². The summed E-state index contributed by atoms with van der Waals surface area (Å²) in [5.41, 5.74) is 1.87. The van der Waals surface area contributed by atoms with Gasteiger partial charge in [-0.15, -0.1) is 28.1 Å². The molecular weight excluding hydrogens is 418 g/mol. The van der Waals surface area contributed by atoms with Crippen LogP contribution in [0, 0.1) is 0 Å². The Morgan fingerprint density at radius 1 is 1.27 bits per heavy atom. The second kappa shape index (κ2) is 9.10. The Labute approximate surface area is 182 Å². The van der Waals surface area contributed by atoms with Crippen LogP contribution in [0.4, 0.5) is 5.13 Å². The fourth-order valence-corrected chi connectivity index (χ4v) is 4.46. The fraction of sp³-hybridized carbons (Fsp3) is 0.143. The van der Waals surface area contributed by atoms with Crippen molar-refractivity contribution in [2.45, 2.75) is 5.16 Å². The first-order chi connectivity index (χ1) is 14.7. The quantitative estimate of drug-likeness (QED) is 0.298. The molecule has 0 spiro atoms. The van der Waals surface area contributed by atoms with Crippen molar-refractivity contribution in [3.63, 3.8) is 0 Å². The van der Waals surface area contributed by atoms with Crippen molar-refractivity contribution in [1.29, 1.82) is 0 Å². The number of benzene rings is 1. The predicted molar refractivity (Wildman–Crippen MR) is 120 cm³/mol. The number of amides is 1. The molecule has 9 heteroatoms. The number of aromatic nitrogens is 4. The van der Waals surface area contributed by atoms with Crippen molar-refractivity contribution < 1.29 is 9.21 Å². The van der Waals surface area contributed by atoms with E-state index in [0.29, 0.717) is 28.4 Å². The molecule has 0 saturated heterocycles. The molecule has 0 bridgehead atoms. The minimum atomic E-state index is -0.0728. The van der Waals surface area contributed by atoms with Gasteiger partial charge in [0.2, 0.25) is 5.91 Å². The summed E-state index contributed by atoms with van der Waals surface area (Å²) in [5, 5.41) is 11.6. The van der Waals surface area contributed by atoms with Crippen LogP contribution in [0.1, 0.15) is 0 Å².